The van der Waals surface area contributed by atoms with Crippen molar-refractivity contribution in [1.29, 1.82) is 0 Å². The standard InChI is InChI=1S/C18H18OS/c1-12-6-5-7-13(2)18(12)20-16-11-10-14-8-3-4-9-15(14)17(16)19/h3-11,16-17,19H,1-2H3/t16-,17-/m1/s1. The van der Waals surface area contributed by atoms with E-state index in [-0.39, 0.29) is 5.25 Å². The third-order valence-corrected chi connectivity index (χ3v) is 5.32. The van der Waals surface area contributed by atoms with Gasteiger partial charge in [0.25, 0.3) is 0 Å². The summed E-state index contributed by atoms with van der Waals surface area (Å²) in [7, 11) is 0. The van der Waals surface area contributed by atoms with E-state index < -0.39 is 6.10 Å². The van der Waals surface area contributed by atoms with Gasteiger partial charge in [-0.15, -0.1) is 11.8 Å². The first-order valence-electron chi connectivity index (χ1n) is 6.85. The van der Waals surface area contributed by atoms with Gasteiger partial charge in [0.15, 0.2) is 0 Å². The Morgan fingerprint density at radius 1 is 0.950 bits per heavy atom. The molecule has 0 saturated carbocycles. The van der Waals surface area contributed by atoms with Crippen LogP contribution in [0.3, 0.4) is 0 Å². The Morgan fingerprint density at radius 3 is 2.40 bits per heavy atom. The Bertz CT molecular complexity index is 640. The average Bonchev–Trinajstić information content (AvgIpc) is 2.45. The second-order valence-electron chi connectivity index (χ2n) is 5.24. The van der Waals surface area contributed by atoms with E-state index >= 15 is 0 Å². The van der Waals surface area contributed by atoms with Gasteiger partial charge in [-0.05, 0) is 36.1 Å². The maximum Gasteiger partial charge on any atom is 0.0952 e. The molecule has 0 fully saturated rings. The third-order valence-electron chi connectivity index (χ3n) is 3.75. The highest BCUT2D eigenvalue weighted by Gasteiger charge is 2.25. The summed E-state index contributed by atoms with van der Waals surface area (Å²) in [6.45, 7) is 4.25. The number of rotatable bonds is 2. The molecule has 0 aromatic heterocycles. The minimum absolute atomic E-state index is 0.0738. The lowest BCUT2D eigenvalue weighted by molar-refractivity contribution is 0.185. The Balaban J connectivity index is 1.91. The van der Waals surface area contributed by atoms with Gasteiger partial charge >= 0.3 is 0 Å². The molecule has 1 nitrogen and oxygen atoms in total. The smallest absolute Gasteiger partial charge is 0.0952 e. The largest absolute Gasteiger partial charge is 0.387 e. The van der Waals surface area contributed by atoms with E-state index in [9.17, 15) is 5.11 Å². The maximum atomic E-state index is 10.6. The zero-order valence-corrected chi connectivity index (χ0v) is 12.5. The second kappa shape index (κ2) is 5.47. The number of thioether (sulfide) groups is 1. The van der Waals surface area contributed by atoms with Crippen LogP contribution < -0.4 is 0 Å². The van der Waals surface area contributed by atoms with Gasteiger partial charge in [0.2, 0.25) is 0 Å². The van der Waals surface area contributed by atoms with Crippen molar-refractivity contribution in [3.05, 3.63) is 70.8 Å². The first kappa shape index (κ1) is 13.5. The van der Waals surface area contributed by atoms with Crippen molar-refractivity contribution in [3.63, 3.8) is 0 Å². The highest BCUT2D eigenvalue weighted by Crippen LogP contribution is 2.40. The molecule has 2 aromatic rings. The van der Waals surface area contributed by atoms with Crippen LogP contribution in [-0.2, 0) is 0 Å². The van der Waals surface area contributed by atoms with Crippen LogP contribution in [0, 0.1) is 13.8 Å². The Morgan fingerprint density at radius 2 is 1.65 bits per heavy atom. The van der Waals surface area contributed by atoms with Crippen LogP contribution in [0.1, 0.15) is 28.4 Å². The molecule has 0 saturated heterocycles. The molecule has 2 atom stereocenters. The summed E-state index contributed by atoms with van der Waals surface area (Å²) in [5.74, 6) is 0. The van der Waals surface area contributed by atoms with Gasteiger partial charge < -0.3 is 5.11 Å². The van der Waals surface area contributed by atoms with Crippen LogP contribution >= 0.6 is 11.8 Å². The highest BCUT2D eigenvalue weighted by molar-refractivity contribution is 8.00. The van der Waals surface area contributed by atoms with E-state index in [1.165, 1.54) is 16.0 Å². The average molecular weight is 282 g/mol. The van der Waals surface area contributed by atoms with E-state index in [1.807, 2.05) is 18.2 Å². The van der Waals surface area contributed by atoms with Gasteiger partial charge in [-0.2, -0.15) is 0 Å². The van der Waals surface area contributed by atoms with Crippen LogP contribution in [0.15, 0.2) is 53.4 Å². The molecular weight excluding hydrogens is 264 g/mol. The van der Waals surface area contributed by atoms with Gasteiger partial charge in [0.1, 0.15) is 0 Å². The summed E-state index contributed by atoms with van der Waals surface area (Å²) in [4.78, 5) is 1.28. The van der Waals surface area contributed by atoms with Crippen LogP contribution in [0.4, 0.5) is 0 Å². The SMILES string of the molecule is Cc1cccc(C)c1S[C@@H]1C=Cc2ccccc2[C@H]1O. The fourth-order valence-electron chi connectivity index (χ4n) is 2.64. The fraction of sp³-hybridized carbons (Fsp3) is 0.222. The molecule has 0 spiro atoms. The molecule has 2 aromatic carbocycles. The molecule has 0 aliphatic heterocycles. The van der Waals surface area contributed by atoms with Gasteiger partial charge in [-0.1, -0.05) is 54.6 Å². The molecule has 102 valence electrons. The van der Waals surface area contributed by atoms with Gasteiger partial charge in [-0.3, -0.25) is 0 Å². The Labute approximate surface area is 124 Å². The molecule has 20 heavy (non-hydrogen) atoms. The van der Waals surface area contributed by atoms with E-state index in [0.29, 0.717) is 0 Å². The summed E-state index contributed by atoms with van der Waals surface area (Å²) >= 11 is 1.75. The van der Waals surface area contributed by atoms with E-state index in [4.69, 9.17) is 0 Å². The number of fused-ring (bicyclic) bond motifs is 1. The molecule has 0 amide bonds. The van der Waals surface area contributed by atoms with Crippen molar-refractivity contribution in [2.24, 2.45) is 0 Å². The lowest BCUT2D eigenvalue weighted by atomic mass is 9.95. The van der Waals surface area contributed by atoms with Crippen LogP contribution in [0.2, 0.25) is 0 Å². The number of aliphatic hydroxyl groups is 1. The number of hydrogen-bond acceptors (Lipinski definition) is 2. The van der Waals surface area contributed by atoms with E-state index in [2.05, 4.69) is 50.3 Å². The summed E-state index contributed by atoms with van der Waals surface area (Å²) in [6, 6.07) is 14.4. The number of hydrogen-bond donors (Lipinski definition) is 1. The summed E-state index contributed by atoms with van der Waals surface area (Å²) in [6.07, 6.45) is 3.79. The second-order valence-corrected chi connectivity index (χ2v) is 6.42. The molecule has 0 radical (unpaired) electrons. The molecule has 0 unspecified atom stereocenters. The lowest BCUT2D eigenvalue weighted by Crippen LogP contribution is -2.17. The minimum Gasteiger partial charge on any atom is -0.387 e. The predicted molar refractivity (Wildman–Crippen MR) is 86.0 cm³/mol. The monoisotopic (exact) mass is 282 g/mol. The first-order chi connectivity index (χ1) is 9.66. The molecule has 0 bridgehead atoms. The first-order valence-corrected chi connectivity index (χ1v) is 7.73. The van der Waals surface area contributed by atoms with Gasteiger partial charge in [0, 0.05) is 4.90 Å². The van der Waals surface area contributed by atoms with Crippen LogP contribution in [0.5, 0.6) is 0 Å². The van der Waals surface area contributed by atoms with Crippen molar-refractivity contribution in [2.75, 3.05) is 0 Å². The fourth-order valence-corrected chi connectivity index (χ4v) is 3.85. The normalized spacial score (nSPS) is 20.8. The number of aliphatic hydroxyl groups excluding tert-OH is 1. The van der Waals surface area contributed by atoms with Gasteiger partial charge in [-0.25, -0.2) is 0 Å². The van der Waals surface area contributed by atoms with E-state index in [0.717, 1.165) is 11.1 Å². The number of aryl methyl sites for hydroxylation is 2. The zero-order chi connectivity index (χ0) is 14.1. The summed E-state index contributed by atoms with van der Waals surface area (Å²) in [5, 5.41) is 10.7. The molecule has 1 aliphatic rings. The van der Waals surface area contributed by atoms with Crippen LogP contribution in [0.25, 0.3) is 6.08 Å². The quantitative estimate of drug-likeness (QED) is 0.873. The molecule has 3 rings (SSSR count). The summed E-state index contributed by atoms with van der Waals surface area (Å²) in [5.41, 5.74) is 4.70. The molecule has 2 heteroatoms. The summed E-state index contributed by atoms with van der Waals surface area (Å²) < 4.78 is 0. The van der Waals surface area contributed by atoms with Crippen molar-refractivity contribution in [3.8, 4) is 0 Å². The Kier molecular flexibility index (Phi) is 3.68. The third kappa shape index (κ3) is 2.41. The van der Waals surface area contributed by atoms with Crippen molar-refractivity contribution >= 4 is 17.8 Å². The molecular formula is C18H18OS. The lowest BCUT2D eigenvalue weighted by Gasteiger charge is -2.26. The molecule has 1 aliphatic carbocycles. The predicted octanol–water partition coefficient (Wildman–Crippen LogP) is 4.52. The minimum atomic E-state index is -0.444. The van der Waals surface area contributed by atoms with E-state index in [1.54, 1.807) is 11.8 Å². The maximum absolute atomic E-state index is 10.6. The highest BCUT2D eigenvalue weighted by atomic mass is 32.2. The van der Waals surface area contributed by atoms with Crippen LogP contribution in [-0.4, -0.2) is 10.4 Å². The molecule has 1 N–H and O–H groups in total. The zero-order valence-electron chi connectivity index (χ0n) is 11.7. The van der Waals surface area contributed by atoms with Crippen molar-refractivity contribution < 1.29 is 5.11 Å². The number of benzene rings is 2. The van der Waals surface area contributed by atoms with Gasteiger partial charge in [0.05, 0.1) is 11.4 Å². The van der Waals surface area contributed by atoms with Crippen molar-refractivity contribution in [2.45, 2.75) is 30.1 Å². The topological polar surface area (TPSA) is 20.2 Å². The Hall–Kier alpha value is -1.51. The molecule has 0 heterocycles. The van der Waals surface area contributed by atoms with Crippen molar-refractivity contribution in [1.82, 2.24) is 0 Å².